The van der Waals surface area contributed by atoms with Gasteiger partial charge < -0.3 is 10.6 Å². The largest absolute Gasteiger partial charge is 0.355 e. The van der Waals surface area contributed by atoms with Crippen molar-refractivity contribution in [3.05, 3.63) is 71.8 Å². The minimum atomic E-state index is -0.858. The molecular formula is C24H27N3O3. The van der Waals surface area contributed by atoms with Crippen LogP contribution in [0.1, 0.15) is 43.2 Å². The maximum atomic E-state index is 12.7. The van der Waals surface area contributed by atoms with Crippen LogP contribution < -0.4 is 10.6 Å². The Morgan fingerprint density at radius 3 is 2.17 bits per heavy atom. The van der Waals surface area contributed by atoms with E-state index in [2.05, 4.69) is 34.9 Å². The highest BCUT2D eigenvalue weighted by Gasteiger charge is 2.56. The zero-order valence-corrected chi connectivity index (χ0v) is 17.1. The summed E-state index contributed by atoms with van der Waals surface area (Å²) < 4.78 is 0. The van der Waals surface area contributed by atoms with Crippen molar-refractivity contribution in [2.75, 3.05) is 13.1 Å². The van der Waals surface area contributed by atoms with Crippen molar-refractivity contribution in [1.29, 1.82) is 0 Å². The van der Waals surface area contributed by atoms with E-state index >= 15 is 0 Å². The molecule has 1 aliphatic carbocycles. The van der Waals surface area contributed by atoms with Crippen molar-refractivity contribution in [2.45, 2.75) is 37.6 Å². The van der Waals surface area contributed by atoms with Crippen molar-refractivity contribution in [1.82, 2.24) is 15.5 Å². The summed E-state index contributed by atoms with van der Waals surface area (Å²) in [6, 6.07) is 19.9. The summed E-state index contributed by atoms with van der Waals surface area (Å²) in [5, 5.41) is 5.65. The number of nitrogens with one attached hydrogen (secondary N) is 2. The normalized spacial score (nSPS) is 21.1. The predicted octanol–water partition coefficient (Wildman–Crippen LogP) is 3.05. The molecule has 6 nitrogen and oxygen atoms in total. The van der Waals surface area contributed by atoms with Gasteiger partial charge in [0.25, 0.3) is 5.91 Å². The Morgan fingerprint density at radius 2 is 1.63 bits per heavy atom. The monoisotopic (exact) mass is 405 g/mol. The highest BCUT2D eigenvalue weighted by molar-refractivity contribution is 6.09. The second-order valence-corrected chi connectivity index (χ2v) is 8.31. The Hall–Kier alpha value is -3.15. The fourth-order valence-electron chi connectivity index (χ4n) is 4.25. The summed E-state index contributed by atoms with van der Waals surface area (Å²) in [5.74, 6) is -0.280. The van der Waals surface area contributed by atoms with Gasteiger partial charge in [0.15, 0.2) is 0 Å². The van der Waals surface area contributed by atoms with Gasteiger partial charge in [-0.05, 0) is 43.2 Å². The third-order valence-corrected chi connectivity index (χ3v) is 6.16. The highest BCUT2D eigenvalue weighted by atomic mass is 16.2. The van der Waals surface area contributed by atoms with E-state index in [1.54, 1.807) is 6.92 Å². The fraction of sp³-hybridized carbons (Fsp3) is 0.375. The first kappa shape index (κ1) is 20.1. The molecule has 2 aromatic rings. The van der Waals surface area contributed by atoms with Gasteiger partial charge in [0.05, 0.1) is 0 Å². The van der Waals surface area contributed by atoms with E-state index in [1.807, 2.05) is 36.4 Å². The lowest BCUT2D eigenvalue weighted by Gasteiger charge is -2.21. The van der Waals surface area contributed by atoms with Gasteiger partial charge in [0, 0.05) is 12.5 Å². The van der Waals surface area contributed by atoms with Gasteiger partial charge >= 0.3 is 6.03 Å². The van der Waals surface area contributed by atoms with E-state index in [0.717, 1.165) is 24.2 Å². The Balaban J connectivity index is 1.35. The van der Waals surface area contributed by atoms with Gasteiger partial charge in [-0.1, -0.05) is 60.7 Å². The molecule has 1 aliphatic heterocycles. The quantitative estimate of drug-likeness (QED) is 0.663. The SMILES string of the molecule is C[C@]1(C2CC2)NC(=O)N(CC(=O)NCCC(c2ccccc2)c2ccccc2)C1=O. The smallest absolute Gasteiger partial charge is 0.325 e. The van der Waals surface area contributed by atoms with Gasteiger partial charge in [-0.15, -0.1) is 0 Å². The molecule has 2 aromatic carbocycles. The molecule has 2 N–H and O–H groups in total. The molecule has 1 atom stereocenters. The minimum absolute atomic E-state index is 0.155. The van der Waals surface area contributed by atoms with Crippen molar-refractivity contribution in [3.63, 3.8) is 0 Å². The molecular weight excluding hydrogens is 378 g/mol. The molecule has 0 radical (unpaired) electrons. The number of carbonyl (C=O) groups excluding carboxylic acids is 3. The van der Waals surface area contributed by atoms with Crippen LogP contribution in [0.5, 0.6) is 0 Å². The van der Waals surface area contributed by atoms with E-state index in [-0.39, 0.29) is 30.2 Å². The van der Waals surface area contributed by atoms with Crippen molar-refractivity contribution in [3.8, 4) is 0 Å². The molecule has 2 aliphatic rings. The zero-order chi connectivity index (χ0) is 21.1. The molecule has 0 unspecified atom stereocenters. The van der Waals surface area contributed by atoms with Crippen LogP contribution in [-0.2, 0) is 9.59 Å². The number of rotatable bonds is 8. The molecule has 1 heterocycles. The van der Waals surface area contributed by atoms with Gasteiger partial charge in [-0.2, -0.15) is 0 Å². The number of benzene rings is 2. The summed E-state index contributed by atoms with van der Waals surface area (Å²) in [6.45, 7) is 1.97. The summed E-state index contributed by atoms with van der Waals surface area (Å²) in [4.78, 5) is 38.4. The van der Waals surface area contributed by atoms with E-state index in [4.69, 9.17) is 0 Å². The Labute approximate surface area is 176 Å². The van der Waals surface area contributed by atoms with Crippen LogP contribution in [0.15, 0.2) is 60.7 Å². The topological polar surface area (TPSA) is 78.5 Å². The summed E-state index contributed by atoms with van der Waals surface area (Å²) in [7, 11) is 0. The minimum Gasteiger partial charge on any atom is -0.355 e. The standard InChI is InChI=1S/C24H27N3O3/c1-24(19-12-13-19)22(29)27(23(30)26-24)16-21(28)25-15-14-20(17-8-4-2-5-9-17)18-10-6-3-7-11-18/h2-11,19-20H,12-16H2,1H3,(H,25,28)(H,26,30)/t24-/m1/s1. The van der Waals surface area contributed by atoms with Crippen LogP contribution in [0.25, 0.3) is 0 Å². The molecule has 30 heavy (non-hydrogen) atoms. The molecule has 4 amide bonds. The van der Waals surface area contributed by atoms with Crippen LogP contribution in [0.3, 0.4) is 0 Å². The number of urea groups is 1. The molecule has 0 spiro atoms. The third-order valence-electron chi connectivity index (χ3n) is 6.16. The maximum absolute atomic E-state index is 12.7. The highest BCUT2D eigenvalue weighted by Crippen LogP contribution is 2.42. The lowest BCUT2D eigenvalue weighted by molar-refractivity contribution is -0.135. The Bertz CT molecular complexity index is 888. The number of hydrogen-bond donors (Lipinski definition) is 2. The van der Waals surface area contributed by atoms with Crippen molar-refractivity contribution >= 4 is 17.8 Å². The molecule has 2 fully saturated rings. The molecule has 6 heteroatoms. The Morgan fingerprint density at radius 1 is 1.07 bits per heavy atom. The second kappa shape index (κ2) is 8.30. The molecule has 1 saturated heterocycles. The predicted molar refractivity (Wildman–Crippen MR) is 114 cm³/mol. The first-order valence-electron chi connectivity index (χ1n) is 10.5. The summed E-state index contributed by atoms with van der Waals surface area (Å²) >= 11 is 0. The molecule has 0 aromatic heterocycles. The first-order chi connectivity index (χ1) is 14.5. The van der Waals surface area contributed by atoms with Crippen LogP contribution in [0.2, 0.25) is 0 Å². The summed E-state index contributed by atoms with van der Waals surface area (Å²) in [5.41, 5.74) is 1.52. The molecule has 4 rings (SSSR count). The van der Waals surface area contributed by atoms with Gasteiger partial charge in [0.1, 0.15) is 12.1 Å². The lowest BCUT2D eigenvalue weighted by atomic mass is 9.88. The zero-order valence-electron chi connectivity index (χ0n) is 17.1. The number of imide groups is 1. The van der Waals surface area contributed by atoms with Gasteiger partial charge in [0.2, 0.25) is 5.91 Å². The van der Waals surface area contributed by atoms with Crippen LogP contribution in [0, 0.1) is 5.92 Å². The number of carbonyl (C=O) groups is 3. The molecule has 1 saturated carbocycles. The van der Waals surface area contributed by atoms with E-state index in [1.165, 1.54) is 11.1 Å². The first-order valence-corrected chi connectivity index (χ1v) is 10.5. The van der Waals surface area contributed by atoms with Crippen molar-refractivity contribution in [2.24, 2.45) is 5.92 Å². The van der Waals surface area contributed by atoms with E-state index in [0.29, 0.717) is 6.54 Å². The van der Waals surface area contributed by atoms with Crippen molar-refractivity contribution < 1.29 is 14.4 Å². The third kappa shape index (κ3) is 4.08. The molecule has 156 valence electrons. The van der Waals surface area contributed by atoms with Gasteiger partial charge in [-0.25, -0.2) is 4.79 Å². The summed E-state index contributed by atoms with van der Waals surface area (Å²) in [6.07, 6.45) is 2.59. The average Bonchev–Trinajstić information content (AvgIpc) is 3.59. The maximum Gasteiger partial charge on any atom is 0.325 e. The number of nitrogens with zero attached hydrogens (tertiary/aromatic N) is 1. The second-order valence-electron chi connectivity index (χ2n) is 8.31. The van der Waals surface area contributed by atoms with Crippen LogP contribution >= 0.6 is 0 Å². The van der Waals surface area contributed by atoms with Gasteiger partial charge in [-0.3, -0.25) is 14.5 Å². The number of amides is 4. The van der Waals surface area contributed by atoms with E-state index < -0.39 is 11.6 Å². The fourth-order valence-corrected chi connectivity index (χ4v) is 4.25. The number of hydrogen-bond acceptors (Lipinski definition) is 3. The average molecular weight is 405 g/mol. The van der Waals surface area contributed by atoms with Crippen LogP contribution in [0.4, 0.5) is 4.79 Å². The Kier molecular flexibility index (Phi) is 5.57. The van der Waals surface area contributed by atoms with Crippen LogP contribution in [-0.4, -0.2) is 41.4 Å². The lowest BCUT2D eigenvalue weighted by Crippen LogP contribution is -2.47. The molecule has 0 bridgehead atoms. The van der Waals surface area contributed by atoms with E-state index in [9.17, 15) is 14.4 Å².